The zero-order chi connectivity index (χ0) is 17.1. The van der Waals surface area contributed by atoms with Crippen molar-refractivity contribution in [2.24, 2.45) is 12.8 Å². The van der Waals surface area contributed by atoms with Gasteiger partial charge in [0.15, 0.2) is 5.69 Å². The molecule has 1 saturated heterocycles. The Balaban J connectivity index is 1.67. The van der Waals surface area contributed by atoms with Gasteiger partial charge in [0.2, 0.25) is 0 Å². The number of hydrogen-bond acceptors (Lipinski definition) is 5. The van der Waals surface area contributed by atoms with Crippen LogP contribution in [0.1, 0.15) is 33.6 Å². The Morgan fingerprint density at radius 1 is 1.46 bits per heavy atom. The Kier molecular flexibility index (Phi) is 4.92. The molecule has 3 heterocycles. The number of nitrogens with two attached hydrogens (primary N) is 1. The van der Waals surface area contributed by atoms with E-state index in [1.165, 1.54) is 0 Å². The van der Waals surface area contributed by atoms with Gasteiger partial charge in [-0.25, -0.2) is 0 Å². The molecule has 1 aliphatic heterocycles. The molecule has 1 amide bonds. The first kappa shape index (κ1) is 16.6. The highest BCUT2D eigenvalue weighted by molar-refractivity contribution is 5.93. The number of carbonyl (C=O) groups excluding carboxylic acids is 1. The normalized spacial score (nSPS) is 18.0. The summed E-state index contributed by atoms with van der Waals surface area (Å²) in [6, 6.07) is 2.15. The first-order valence-electron chi connectivity index (χ1n) is 8.21. The molecule has 2 aromatic rings. The molecule has 0 aromatic carbocycles. The lowest BCUT2D eigenvalue weighted by molar-refractivity contribution is 0.0943. The van der Waals surface area contributed by atoms with E-state index >= 15 is 0 Å². The fourth-order valence-corrected chi connectivity index (χ4v) is 3.05. The summed E-state index contributed by atoms with van der Waals surface area (Å²) >= 11 is 0. The van der Waals surface area contributed by atoms with E-state index in [-0.39, 0.29) is 11.9 Å². The van der Waals surface area contributed by atoms with Crippen LogP contribution in [0.15, 0.2) is 24.7 Å². The van der Waals surface area contributed by atoms with Crippen LogP contribution in [0.2, 0.25) is 0 Å². The number of aryl methyl sites for hydroxylation is 2. The van der Waals surface area contributed by atoms with Crippen LogP contribution in [-0.2, 0) is 20.1 Å². The smallest absolute Gasteiger partial charge is 0.272 e. The van der Waals surface area contributed by atoms with Crippen LogP contribution in [0.4, 0.5) is 0 Å². The molecule has 7 heteroatoms. The number of amides is 1. The molecule has 0 spiro atoms. The summed E-state index contributed by atoms with van der Waals surface area (Å²) in [5.41, 5.74) is 9.51. The van der Waals surface area contributed by atoms with Gasteiger partial charge >= 0.3 is 0 Å². The van der Waals surface area contributed by atoms with Gasteiger partial charge < -0.3 is 11.1 Å². The van der Waals surface area contributed by atoms with E-state index in [1.807, 2.05) is 26.2 Å². The van der Waals surface area contributed by atoms with Crippen molar-refractivity contribution in [1.82, 2.24) is 25.0 Å². The topological polar surface area (TPSA) is 89.1 Å². The first-order valence-corrected chi connectivity index (χ1v) is 8.21. The second-order valence-corrected chi connectivity index (χ2v) is 6.45. The molecule has 1 fully saturated rings. The Labute approximate surface area is 141 Å². The van der Waals surface area contributed by atoms with Gasteiger partial charge in [-0.3, -0.25) is 19.4 Å². The fraction of sp³-hybridized carbons (Fsp3) is 0.471. The van der Waals surface area contributed by atoms with Crippen LogP contribution in [0, 0.1) is 6.92 Å². The lowest BCUT2D eigenvalue weighted by atomic mass is 10.1. The van der Waals surface area contributed by atoms with Gasteiger partial charge in [0.05, 0.1) is 0 Å². The summed E-state index contributed by atoms with van der Waals surface area (Å²) in [5, 5.41) is 7.30. The summed E-state index contributed by atoms with van der Waals surface area (Å²) in [4.78, 5) is 18.9. The molecule has 0 aliphatic carbocycles. The Morgan fingerprint density at radius 3 is 3.00 bits per heavy atom. The lowest BCUT2D eigenvalue weighted by Crippen LogP contribution is -2.28. The summed E-state index contributed by atoms with van der Waals surface area (Å²) in [5.74, 6) is -0.148. The average molecular weight is 328 g/mol. The molecule has 0 saturated carbocycles. The van der Waals surface area contributed by atoms with Crippen molar-refractivity contribution in [3.05, 3.63) is 47.0 Å². The maximum Gasteiger partial charge on any atom is 0.272 e. The zero-order valence-electron chi connectivity index (χ0n) is 14.2. The maximum atomic E-state index is 12.6. The Bertz CT molecular complexity index is 726. The summed E-state index contributed by atoms with van der Waals surface area (Å²) in [6.07, 6.45) is 6.45. The molecule has 7 nitrogen and oxygen atoms in total. The van der Waals surface area contributed by atoms with Gasteiger partial charge in [0.1, 0.15) is 0 Å². The quantitative estimate of drug-likeness (QED) is 0.838. The fourth-order valence-electron chi connectivity index (χ4n) is 3.05. The highest BCUT2D eigenvalue weighted by Crippen LogP contribution is 2.15. The van der Waals surface area contributed by atoms with Crippen molar-refractivity contribution >= 4 is 5.91 Å². The summed E-state index contributed by atoms with van der Waals surface area (Å²) in [7, 11) is 1.84. The molecule has 1 unspecified atom stereocenters. The molecule has 2 aromatic heterocycles. The third kappa shape index (κ3) is 3.80. The number of nitrogens with zero attached hydrogens (tertiary/aromatic N) is 4. The molecule has 3 N–H and O–H groups in total. The van der Waals surface area contributed by atoms with Crippen molar-refractivity contribution in [2.75, 3.05) is 13.1 Å². The van der Waals surface area contributed by atoms with Crippen LogP contribution >= 0.6 is 0 Å². The molecule has 0 radical (unpaired) electrons. The van der Waals surface area contributed by atoms with Crippen molar-refractivity contribution < 1.29 is 4.79 Å². The third-order valence-corrected chi connectivity index (χ3v) is 4.40. The lowest BCUT2D eigenvalue weighted by Gasteiger charge is -2.14. The van der Waals surface area contributed by atoms with Gasteiger partial charge in [-0.1, -0.05) is 0 Å². The van der Waals surface area contributed by atoms with E-state index in [2.05, 4.69) is 20.3 Å². The molecular formula is C17H24N6O. The van der Waals surface area contributed by atoms with Crippen LogP contribution in [0.5, 0.6) is 0 Å². The van der Waals surface area contributed by atoms with Crippen molar-refractivity contribution in [2.45, 2.75) is 32.5 Å². The van der Waals surface area contributed by atoms with Gasteiger partial charge in [-0.15, -0.1) is 0 Å². The maximum absolute atomic E-state index is 12.6. The van der Waals surface area contributed by atoms with Crippen LogP contribution in [0.25, 0.3) is 0 Å². The van der Waals surface area contributed by atoms with Gasteiger partial charge in [-0.2, -0.15) is 5.10 Å². The van der Waals surface area contributed by atoms with Crippen molar-refractivity contribution in [3.8, 4) is 0 Å². The van der Waals surface area contributed by atoms with Crippen LogP contribution < -0.4 is 11.1 Å². The second kappa shape index (κ2) is 7.11. The van der Waals surface area contributed by atoms with Gasteiger partial charge in [0.25, 0.3) is 5.91 Å². The summed E-state index contributed by atoms with van der Waals surface area (Å²) in [6.45, 7) is 4.99. The predicted octanol–water partition coefficient (Wildman–Crippen LogP) is 0.587. The van der Waals surface area contributed by atoms with E-state index in [4.69, 9.17) is 5.73 Å². The first-order chi connectivity index (χ1) is 11.5. The molecular weight excluding hydrogens is 304 g/mol. The number of rotatable bonds is 5. The SMILES string of the molecule is Cc1cnccc1CNC(=O)c1nn(C)cc1CN1CCC(N)C1. The molecule has 1 atom stereocenters. The minimum Gasteiger partial charge on any atom is -0.347 e. The van der Waals surface area contributed by atoms with E-state index in [0.717, 1.165) is 36.2 Å². The Morgan fingerprint density at radius 2 is 2.29 bits per heavy atom. The standard InChI is InChI=1S/C17H24N6O/c1-12-7-19-5-3-13(12)8-20-17(24)16-14(9-22(2)21-16)10-23-6-4-15(18)11-23/h3,5,7,9,15H,4,6,8,10-11,18H2,1-2H3,(H,20,24). The minimum atomic E-state index is -0.148. The third-order valence-electron chi connectivity index (χ3n) is 4.40. The monoisotopic (exact) mass is 328 g/mol. The van der Waals surface area contributed by atoms with Gasteiger partial charge in [-0.05, 0) is 30.5 Å². The molecule has 1 aliphatic rings. The minimum absolute atomic E-state index is 0.148. The average Bonchev–Trinajstić information content (AvgIpc) is 3.12. The predicted molar refractivity (Wildman–Crippen MR) is 91.2 cm³/mol. The van der Waals surface area contributed by atoms with Crippen molar-refractivity contribution in [1.29, 1.82) is 0 Å². The number of nitrogens with one attached hydrogen (secondary N) is 1. The highest BCUT2D eigenvalue weighted by Gasteiger charge is 2.23. The number of pyridine rings is 1. The number of hydrogen-bond donors (Lipinski definition) is 2. The molecule has 24 heavy (non-hydrogen) atoms. The van der Waals surface area contributed by atoms with Gasteiger partial charge in [0, 0.05) is 63.4 Å². The Hall–Kier alpha value is -2.25. The molecule has 0 bridgehead atoms. The van der Waals surface area contributed by atoms with E-state index < -0.39 is 0 Å². The number of likely N-dealkylation sites (tertiary alicyclic amines) is 1. The zero-order valence-corrected chi connectivity index (χ0v) is 14.2. The molecule has 128 valence electrons. The highest BCUT2D eigenvalue weighted by atomic mass is 16.1. The van der Waals surface area contributed by atoms with Crippen LogP contribution in [-0.4, -0.2) is 44.7 Å². The van der Waals surface area contributed by atoms with E-state index in [0.29, 0.717) is 18.8 Å². The summed E-state index contributed by atoms with van der Waals surface area (Å²) < 4.78 is 1.69. The van der Waals surface area contributed by atoms with Crippen LogP contribution in [0.3, 0.4) is 0 Å². The largest absolute Gasteiger partial charge is 0.347 e. The number of aromatic nitrogens is 3. The molecule has 3 rings (SSSR count). The van der Waals surface area contributed by atoms with E-state index in [9.17, 15) is 4.79 Å². The van der Waals surface area contributed by atoms with Crippen molar-refractivity contribution in [3.63, 3.8) is 0 Å². The number of carbonyl (C=O) groups is 1. The van der Waals surface area contributed by atoms with E-state index in [1.54, 1.807) is 17.1 Å². The second-order valence-electron chi connectivity index (χ2n) is 6.45.